The number of ether oxygens (including phenoxy) is 12. The smallest absolute Gasteiger partial charge is 0.330 e. The molecule has 0 saturated heterocycles. The van der Waals surface area contributed by atoms with Gasteiger partial charge >= 0.3 is 71.6 Å². The van der Waals surface area contributed by atoms with E-state index in [1.54, 1.807) is 0 Å². The fourth-order valence-electron chi connectivity index (χ4n) is 4.48. The second-order valence-electron chi connectivity index (χ2n) is 15.2. The molecule has 0 aromatic rings. The summed E-state index contributed by atoms with van der Waals surface area (Å²) in [5, 5.41) is 0. The van der Waals surface area contributed by atoms with Crippen LogP contribution in [0.5, 0.6) is 0 Å². The Hall–Kier alpha value is -5.82. The normalized spacial score (nSPS) is 10.4. The molecule has 0 aromatic carbocycles. The predicted molar refractivity (Wildman–Crippen MR) is 297 cm³/mol. The van der Waals surface area contributed by atoms with Crippen molar-refractivity contribution in [2.75, 3.05) is 114 Å². The third-order valence-electron chi connectivity index (χ3n) is 8.69. The first-order valence-corrected chi connectivity index (χ1v) is 26.1. The highest BCUT2D eigenvalue weighted by atomic mass is 32.1. The Kier molecular flexibility index (Phi) is 45.2. The molecule has 438 valence electrons. The second-order valence-corrected chi connectivity index (χ2v) is 17.5. The van der Waals surface area contributed by atoms with Crippen molar-refractivity contribution in [2.45, 2.75) is 19.3 Å². The number of thiol groups is 6. The van der Waals surface area contributed by atoms with Crippen molar-refractivity contribution in [3.05, 3.63) is 75.9 Å². The van der Waals surface area contributed by atoms with Gasteiger partial charge in [-0.15, -0.1) is 0 Å². The summed E-state index contributed by atoms with van der Waals surface area (Å²) in [5.41, 5.74) is -3.91. The highest BCUT2D eigenvalue weighted by Gasteiger charge is 2.40. The molecule has 0 aliphatic carbocycles. The molecule has 0 N–H and O–H groups in total. The van der Waals surface area contributed by atoms with E-state index >= 15 is 0 Å². The quantitative estimate of drug-likeness (QED) is 0.0223. The van der Waals surface area contributed by atoms with Gasteiger partial charge in [-0.05, 0) is 0 Å². The zero-order valence-electron chi connectivity index (χ0n) is 42.5. The third kappa shape index (κ3) is 38.7. The van der Waals surface area contributed by atoms with Crippen molar-refractivity contribution in [1.82, 2.24) is 0 Å². The van der Waals surface area contributed by atoms with Gasteiger partial charge in [0.2, 0.25) is 0 Å². The van der Waals surface area contributed by atoms with Gasteiger partial charge in [0.05, 0.1) is 36.5 Å². The summed E-state index contributed by atoms with van der Waals surface area (Å²) < 4.78 is 60.4. The number of carbonyl (C=O) groups excluding carboxylic acids is 12. The van der Waals surface area contributed by atoms with Gasteiger partial charge < -0.3 is 56.8 Å². The maximum atomic E-state index is 11.6. The Morgan fingerprint density at radius 2 is 0.397 bits per heavy atom. The van der Waals surface area contributed by atoms with Crippen LogP contribution in [0, 0.1) is 16.2 Å². The largest absolute Gasteiger partial charge is 0.465 e. The lowest BCUT2D eigenvalue weighted by molar-refractivity contribution is -0.170. The molecule has 24 nitrogen and oxygen atoms in total. The van der Waals surface area contributed by atoms with E-state index in [0.29, 0.717) is 0 Å². The molecular weight excluding hydrogens is 1150 g/mol. The van der Waals surface area contributed by atoms with Gasteiger partial charge in [0.25, 0.3) is 0 Å². The zero-order valence-corrected chi connectivity index (χ0v) is 47.9. The van der Waals surface area contributed by atoms with E-state index in [4.69, 9.17) is 56.8 Å². The molecule has 0 aliphatic heterocycles. The zero-order chi connectivity index (χ0) is 60.0. The van der Waals surface area contributed by atoms with Gasteiger partial charge in [-0.2, -0.15) is 75.8 Å². The van der Waals surface area contributed by atoms with Gasteiger partial charge in [0, 0.05) is 53.7 Å². The lowest BCUT2D eigenvalue weighted by Crippen LogP contribution is -2.44. The van der Waals surface area contributed by atoms with Gasteiger partial charge in [-0.3, -0.25) is 28.8 Å². The fraction of sp³-hybridized carbons (Fsp3) is 0.500. The minimum Gasteiger partial charge on any atom is -0.465 e. The van der Waals surface area contributed by atoms with Crippen LogP contribution in [0.1, 0.15) is 19.3 Å². The maximum absolute atomic E-state index is 11.6. The molecule has 0 spiro atoms. The van der Waals surface area contributed by atoms with Crippen molar-refractivity contribution >= 4 is 147 Å². The lowest BCUT2D eigenvalue weighted by atomic mass is 9.92. The molecule has 0 unspecified atom stereocenters. The molecule has 30 heteroatoms. The standard InChI is InChI=1S/C17H22O8S.C16H22O8S2.C15H22O8S3/c1-4-13(18)22-9-17(10-23-14(19)5-2,11-24-15(20)6-3)12-25-16(21)7-8-26;1-3-12(17)21-8-16(9-22-13(18)4-2,11-24-15(20)7-26)10-23-14(19)5-6-25;1-2-11(16)20-7-15(9-22-13(18)5-25,10-23-14(19)6-26)8-21-12(17)3-4-24/h4-6,26H,1-3,7-12H2;3-4,25-26H,1-2,5-11H2;2,24-26H,1,3-10H2. The first-order valence-electron chi connectivity index (χ1n) is 22.3. The van der Waals surface area contributed by atoms with Crippen LogP contribution in [-0.2, 0) is 114 Å². The molecular formula is C48H66O24S6. The summed E-state index contributed by atoms with van der Waals surface area (Å²) in [5.74, 6) is -7.81. The van der Waals surface area contributed by atoms with E-state index in [1.165, 1.54) is 0 Å². The maximum Gasteiger partial charge on any atom is 0.330 e. The van der Waals surface area contributed by atoms with Crippen LogP contribution in [0.3, 0.4) is 0 Å². The monoisotopic (exact) mass is 1220 g/mol. The van der Waals surface area contributed by atoms with Crippen LogP contribution in [0.25, 0.3) is 0 Å². The number of hydrogen-bond donors (Lipinski definition) is 6. The van der Waals surface area contributed by atoms with E-state index in [9.17, 15) is 57.5 Å². The van der Waals surface area contributed by atoms with E-state index in [0.717, 1.165) is 36.5 Å². The Morgan fingerprint density at radius 3 is 0.526 bits per heavy atom. The minimum absolute atomic E-state index is 0.0462. The second kappa shape index (κ2) is 46.1. The van der Waals surface area contributed by atoms with Crippen LogP contribution in [0.15, 0.2) is 75.9 Å². The van der Waals surface area contributed by atoms with Crippen LogP contribution in [-0.4, -0.2) is 185 Å². The van der Waals surface area contributed by atoms with Gasteiger partial charge in [-0.1, -0.05) is 39.5 Å². The van der Waals surface area contributed by atoms with Crippen LogP contribution < -0.4 is 0 Å². The summed E-state index contributed by atoms with van der Waals surface area (Å²) >= 11 is 23.2. The summed E-state index contributed by atoms with van der Waals surface area (Å²) in [7, 11) is 0. The van der Waals surface area contributed by atoms with Gasteiger partial charge in [-0.25, -0.2) is 28.8 Å². The predicted octanol–water partition coefficient (Wildman–Crippen LogP) is 2.30. The highest BCUT2D eigenvalue weighted by molar-refractivity contribution is 7.81. The highest BCUT2D eigenvalue weighted by Crippen LogP contribution is 2.25. The van der Waals surface area contributed by atoms with Crippen LogP contribution in [0.2, 0.25) is 0 Å². The van der Waals surface area contributed by atoms with Gasteiger partial charge in [0.15, 0.2) is 0 Å². The van der Waals surface area contributed by atoms with Crippen LogP contribution in [0.4, 0.5) is 0 Å². The average molecular weight is 1220 g/mol. The Labute approximate surface area is 484 Å². The molecule has 0 radical (unpaired) electrons. The van der Waals surface area contributed by atoms with E-state index in [2.05, 4.69) is 115 Å². The van der Waals surface area contributed by atoms with Crippen molar-refractivity contribution in [3.63, 3.8) is 0 Å². The molecule has 78 heavy (non-hydrogen) atoms. The fourth-order valence-corrected chi connectivity index (χ4v) is 5.30. The van der Waals surface area contributed by atoms with E-state index < -0.39 is 87.9 Å². The Balaban J connectivity index is -0.00000108. The van der Waals surface area contributed by atoms with Crippen molar-refractivity contribution < 1.29 is 114 Å². The van der Waals surface area contributed by atoms with Crippen molar-refractivity contribution in [2.24, 2.45) is 16.2 Å². The van der Waals surface area contributed by atoms with Gasteiger partial charge in [0.1, 0.15) is 95.5 Å². The van der Waals surface area contributed by atoms with E-state index in [1.807, 2.05) is 0 Å². The van der Waals surface area contributed by atoms with Crippen LogP contribution >= 0.6 is 75.8 Å². The summed E-state index contributed by atoms with van der Waals surface area (Å²) in [6.45, 7) is 15.5. The first-order chi connectivity index (χ1) is 37.0. The summed E-state index contributed by atoms with van der Waals surface area (Å²) in [6.07, 6.45) is 5.77. The number of hydrogen-bond acceptors (Lipinski definition) is 30. The number of carbonyl (C=O) groups is 12. The summed E-state index contributed by atoms with van der Waals surface area (Å²) in [4.78, 5) is 137. The Morgan fingerprint density at radius 1 is 0.256 bits per heavy atom. The number of esters is 12. The molecule has 0 atom stereocenters. The molecule has 0 saturated carbocycles. The molecule has 0 aromatic heterocycles. The lowest BCUT2D eigenvalue weighted by Gasteiger charge is -2.31. The van der Waals surface area contributed by atoms with Crippen molar-refractivity contribution in [3.8, 4) is 0 Å². The molecule has 0 fully saturated rings. The summed E-state index contributed by atoms with van der Waals surface area (Å²) in [6, 6.07) is 0. The third-order valence-corrected chi connectivity index (χ3v) is 10.1. The molecule has 0 rings (SSSR count). The molecule has 0 bridgehead atoms. The minimum atomic E-state index is -1.32. The van der Waals surface area contributed by atoms with Crippen molar-refractivity contribution in [1.29, 1.82) is 0 Å². The molecule has 0 aliphatic rings. The average Bonchev–Trinajstić information content (AvgIpc) is 3.45. The molecule has 0 amide bonds. The molecule has 0 heterocycles. The van der Waals surface area contributed by atoms with E-state index in [-0.39, 0.29) is 133 Å². The first kappa shape index (κ1) is 76.4. The SMILES string of the molecule is C=CC(=O)OCC(COC(=O)C=C)(COC(=O)C=C)COC(=O)CCS.C=CC(=O)OCC(COC(=O)C=C)(COC(=O)CS)COC(=O)CCS.C=CC(=O)OCC(COC(=O)CS)(COC(=O)CS)COC(=O)CCS. The Bertz CT molecular complexity index is 1940. The topological polar surface area (TPSA) is 316 Å². The number of rotatable bonds is 39.